The molecular weight excluding hydrogens is 201 g/mol. The van der Waals surface area contributed by atoms with Crippen LogP contribution in [0.3, 0.4) is 0 Å². The van der Waals surface area contributed by atoms with Gasteiger partial charge in [0.1, 0.15) is 0 Å². The van der Waals surface area contributed by atoms with Crippen LogP contribution in [0, 0.1) is 0 Å². The van der Waals surface area contributed by atoms with E-state index in [1.54, 1.807) is 0 Å². The van der Waals surface area contributed by atoms with Crippen LogP contribution in [0.2, 0.25) is 0 Å². The molecule has 0 fully saturated rings. The Morgan fingerprint density at radius 2 is 2.00 bits per heavy atom. The van der Waals surface area contributed by atoms with Gasteiger partial charge < -0.3 is 9.41 Å². The molecular formula is C5H5F2Rh. The summed E-state index contributed by atoms with van der Waals surface area (Å²) in [7, 11) is 0. The molecule has 0 aliphatic heterocycles. The molecule has 0 atom stereocenters. The molecule has 0 aromatic rings. The standard InChI is InChI=1S/C5H5.2FH.Rh/c1-2-4-5-3-1;;;/h1-3H,4H2;2*1H;/q;;;+2/p-2. The quantitative estimate of drug-likeness (QED) is 0.350. The topological polar surface area (TPSA) is 0 Å². The predicted molar refractivity (Wildman–Crippen MR) is 21.8 cm³/mol. The van der Waals surface area contributed by atoms with Gasteiger partial charge >= 0.3 is 47.1 Å². The third kappa shape index (κ3) is 3.03. The first-order chi connectivity index (χ1) is 2.89. The maximum atomic E-state index is 2.84. The van der Waals surface area contributed by atoms with E-state index < -0.39 is 0 Å². The first-order valence-electron chi connectivity index (χ1n) is 1.88. The third-order valence-electron chi connectivity index (χ3n) is 0.709. The summed E-state index contributed by atoms with van der Waals surface area (Å²) in [4.78, 5) is 0. The van der Waals surface area contributed by atoms with Crippen LogP contribution in [-0.4, -0.2) is 0 Å². The molecule has 1 aliphatic carbocycles. The van der Waals surface area contributed by atoms with Crippen molar-refractivity contribution in [1.29, 1.82) is 0 Å². The molecule has 0 aromatic heterocycles. The van der Waals surface area contributed by atoms with E-state index in [9.17, 15) is 0 Å². The van der Waals surface area contributed by atoms with Gasteiger partial charge in [-0.2, -0.15) is 0 Å². The third-order valence-corrected chi connectivity index (χ3v) is 1.32. The molecule has 3 heteroatoms. The van der Waals surface area contributed by atoms with E-state index in [0.29, 0.717) is 0 Å². The molecule has 0 heterocycles. The van der Waals surface area contributed by atoms with E-state index in [1.807, 2.05) is 0 Å². The molecule has 0 aromatic carbocycles. The van der Waals surface area contributed by atoms with Crippen molar-refractivity contribution in [2.75, 3.05) is 0 Å². The van der Waals surface area contributed by atoms with Crippen LogP contribution in [0.15, 0.2) is 22.4 Å². The number of halogens is 2. The summed E-state index contributed by atoms with van der Waals surface area (Å²) < 4.78 is 1.36. The van der Waals surface area contributed by atoms with Crippen LogP contribution in [0.5, 0.6) is 0 Å². The van der Waals surface area contributed by atoms with Crippen molar-refractivity contribution in [3.8, 4) is 0 Å². The monoisotopic (exact) mass is 206 g/mol. The van der Waals surface area contributed by atoms with Crippen LogP contribution in [-0.2, 0) is 18.3 Å². The normalized spacial score (nSPS) is 13.9. The van der Waals surface area contributed by atoms with Crippen LogP contribution < -0.4 is 9.41 Å². The number of hydrogen-bond donors (Lipinski definition) is 0. The fourth-order valence-corrected chi connectivity index (χ4v) is 0.762. The molecule has 0 saturated heterocycles. The van der Waals surface area contributed by atoms with Gasteiger partial charge in [-0.1, -0.05) is 0 Å². The van der Waals surface area contributed by atoms with Crippen LogP contribution in [0.1, 0.15) is 6.42 Å². The van der Waals surface area contributed by atoms with E-state index in [0.717, 1.165) is 6.42 Å². The molecule has 8 heavy (non-hydrogen) atoms. The van der Waals surface area contributed by atoms with Gasteiger partial charge in [-0.3, -0.25) is 0 Å². The SMILES string of the molecule is [F-].[F-].[Rh+2][C]1=CC=CC1. The number of allylic oxidation sites excluding steroid dienone is 4. The van der Waals surface area contributed by atoms with Gasteiger partial charge in [0.25, 0.3) is 0 Å². The Hall–Kier alpha value is -0.0366. The second-order valence-electron chi connectivity index (χ2n) is 1.22. The molecule has 48 valence electrons. The number of rotatable bonds is 0. The molecule has 0 bridgehead atoms. The number of hydrogen-bond acceptors (Lipinski definition) is 0. The van der Waals surface area contributed by atoms with Crippen molar-refractivity contribution < 1.29 is 27.7 Å². The predicted octanol–water partition coefficient (Wildman–Crippen LogP) is -4.61. The van der Waals surface area contributed by atoms with E-state index in [1.165, 1.54) is 4.17 Å². The fourth-order valence-electron chi connectivity index (χ4n) is 0.412. The second kappa shape index (κ2) is 5.11. The van der Waals surface area contributed by atoms with Crippen molar-refractivity contribution in [2.24, 2.45) is 0 Å². The zero-order chi connectivity index (χ0) is 4.41. The Labute approximate surface area is 57.1 Å². The van der Waals surface area contributed by atoms with Gasteiger partial charge in [0.05, 0.1) is 0 Å². The zero-order valence-corrected chi connectivity index (χ0v) is 5.67. The van der Waals surface area contributed by atoms with Gasteiger partial charge in [-0.15, -0.1) is 0 Å². The van der Waals surface area contributed by atoms with Crippen molar-refractivity contribution in [1.82, 2.24) is 0 Å². The molecule has 0 saturated carbocycles. The summed E-state index contributed by atoms with van der Waals surface area (Å²) in [5, 5.41) is 0. The molecule has 0 nitrogen and oxygen atoms in total. The molecule has 1 rings (SSSR count). The minimum atomic E-state index is 0. The molecule has 1 aliphatic rings. The Morgan fingerprint density at radius 3 is 2.12 bits per heavy atom. The van der Waals surface area contributed by atoms with Gasteiger partial charge in [0.15, 0.2) is 0 Å². The van der Waals surface area contributed by atoms with Gasteiger partial charge in [-0.25, -0.2) is 0 Å². The molecule has 0 unspecified atom stereocenters. The summed E-state index contributed by atoms with van der Waals surface area (Å²) >= 11 is 2.84. The van der Waals surface area contributed by atoms with E-state index >= 15 is 0 Å². The Morgan fingerprint density at radius 1 is 1.38 bits per heavy atom. The molecule has 0 N–H and O–H groups in total. The first kappa shape index (κ1) is 10.9. The maximum absolute atomic E-state index is 2.84. The summed E-state index contributed by atoms with van der Waals surface area (Å²) in [6.45, 7) is 0. The van der Waals surface area contributed by atoms with E-state index in [-0.39, 0.29) is 9.41 Å². The molecule has 0 spiro atoms. The zero-order valence-electron chi connectivity index (χ0n) is 4.03. The van der Waals surface area contributed by atoms with Crippen LogP contribution in [0.4, 0.5) is 0 Å². The van der Waals surface area contributed by atoms with Crippen LogP contribution in [0.25, 0.3) is 0 Å². The first-order valence-corrected chi connectivity index (χ1v) is 2.70. The van der Waals surface area contributed by atoms with E-state index in [4.69, 9.17) is 0 Å². The summed E-state index contributed by atoms with van der Waals surface area (Å²) in [5.41, 5.74) is 0. The van der Waals surface area contributed by atoms with Gasteiger partial charge in [0, 0.05) is 0 Å². The summed E-state index contributed by atoms with van der Waals surface area (Å²) in [5.74, 6) is 0. The summed E-state index contributed by atoms with van der Waals surface area (Å²) in [6.07, 6.45) is 7.41. The summed E-state index contributed by atoms with van der Waals surface area (Å²) in [6, 6.07) is 0. The van der Waals surface area contributed by atoms with Crippen molar-refractivity contribution in [2.45, 2.75) is 6.42 Å². The van der Waals surface area contributed by atoms with Gasteiger partial charge in [-0.05, 0) is 0 Å². The average molecular weight is 206 g/mol. The Kier molecular flexibility index (Phi) is 6.93. The molecule has 0 radical (unpaired) electrons. The average Bonchev–Trinajstić information content (AvgIpc) is 1.86. The second-order valence-corrected chi connectivity index (χ2v) is 2.27. The Bertz CT molecular complexity index is 107. The van der Waals surface area contributed by atoms with Crippen LogP contribution >= 0.6 is 0 Å². The Balaban J connectivity index is 0. The van der Waals surface area contributed by atoms with Crippen molar-refractivity contribution >= 4 is 0 Å². The van der Waals surface area contributed by atoms with Crippen molar-refractivity contribution in [3.05, 3.63) is 22.4 Å². The van der Waals surface area contributed by atoms with E-state index in [2.05, 4.69) is 36.5 Å². The minimum absolute atomic E-state index is 0. The fraction of sp³-hybridized carbons (Fsp3) is 0.200. The van der Waals surface area contributed by atoms with Crippen molar-refractivity contribution in [3.63, 3.8) is 0 Å². The molecule has 0 amide bonds. The van der Waals surface area contributed by atoms with Gasteiger partial charge in [0.2, 0.25) is 0 Å².